The van der Waals surface area contributed by atoms with Crippen molar-refractivity contribution in [1.82, 2.24) is 14.8 Å². The van der Waals surface area contributed by atoms with Crippen LogP contribution in [0.1, 0.15) is 25.3 Å². The summed E-state index contributed by atoms with van der Waals surface area (Å²) in [5, 5.41) is 4.77. The third-order valence-electron chi connectivity index (χ3n) is 3.85. The van der Waals surface area contributed by atoms with Gasteiger partial charge in [0.1, 0.15) is 12.7 Å². The van der Waals surface area contributed by atoms with Crippen molar-refractivity contribution >= 4 is 11.6 Å². The molecule has 1 aliphatic rings. The van der Waals surface area contributed by atoms with Crippen LogP contribution in [-0.2, 0) is 5.41 Å². The lowest BCUT2D eigenvalue weighted by molar-refractivity contribution is 0.556. The minimum Gasteiger partial charge on any atom is -0.327 e. The maximum atomic E-state index is 6.33. The molecule has 0 bridgehead atoms. The zero-order valence-electron chi connectivity index (χ0n) is 10.2. The van der Waals surface area contributed by atoms with Crippen molar-refractivity contribution in [2.75, 3.05) is 0 Å². The van der Waals surface area contributed by atoms with E-state index in [2.05, 4.69) is 23.1 Å². The predicted octanol–water partition coefficient (Wildman–Crippen LogP) is 2.30. The molecule has 1 aromatic carbocycles. The molecule has 0 spiro atoms. The molecule has 1 unspecified atom stereocenters. The van der Waals surface area contributed by atoms with Gasteiger partial charge in [0.25, 0.3) is 0 Å². The zero-order valence-corrected chi connectivity index (χ0v) is 10.9. The molecular formula is C13H15ClN4. The summed E-state index contributed by atoms with van der Waals surface area (Å²) in [4.78, 5) is 3.92. The first kappa shape index (κ1) is 11.7. The minimum atomic E-state index is 0.130. The van der Waals surface area contributed by atoms with Gasteiger partial charge in [-0.15, -0.1) is 0 Å². The summed E-state index contributed by atoms with van der Waals surface area (Å²) in [5.41, 5.74) is 8.28. The highest BCUT2D eigenvalue weighted by Crippen LogP contribution is 2.50. The van der Waals surface area contributed by atoms with Crippen LogP contribution in [0.3, 0.4) is 0 Å². The first-order chi connectivity index (χ1) is 8.63. The number of hydrogen-bond donors (Lipinski definition) is 1. The molecule has 0 amide bonds. The Labute approximate surface area is 111 Å². The summed E-state index contributed by atoms with van der Waals surface area (Å²) in [6.07, 6.45) is 5.42. The number of nitrogens with two attached hydrogens (primary N) is 1. The van der Waals surface area contributed by atoms with Gasteiger partial charge in [-0.25, -0.2) is 9.67 Å². The summed E-state index contributed by atoms with van der Waals surface area (Å²) in [6, 6.07) is 6.24. The molecule has 1 fully saturated rings. The number of nitrogens with zero attached hydrogens (tertiary/aromatic N) is 3. The second-order valence-corrected chi connectivity index (χ2v) is 5.36. The topological polar surface area (TPSA) is 56.7 Å². The van der Waals surface area contributed by atoms with Gasteiger partial charge in [-0.05, 0) is 37.5 Å². The van der Waals surface area contributed by atoms with Crippen LogP contribution in [0.15, 0.2) is 30.9 Å². The van der Waals surface area contributed by atoms with Crippen LogP contribution in [0, 0.1) is 0 Å². The molecule has 4 nitrogen and oxygen atoms in total. The maximum Gasteiger partial charge on any atom is 0.138 e. The second-order valence-electron chi connectivity index (χ2n) is 4.95. The van der Waals surface area contributed by atoms with E-state index in [1.807, 2.05) is 12.1 Å². The Hall–Kier alpha value is -1.39. The molecule has 1 aromatic heterocycles. The van der Waals surface area contributed by atoms with Gasteiger partial charge < -0.3 is 5.73 Å². The Bertz CT molecular complexity index is 558. The van der Waals surface area contributed by atoms with Crippen molar-refractivity contribution in [3.05, 3.63) is 41.4 Å². The second kappa shape index (κ2) is 4.07. The smallest absolute Gasteiger partial charge is 0.138 e. The van der Waals surface area contributed by atoms with E-state index in [0.29, 0.717) is 5.02 Å². The highest BCUT2D eigenvalue weighted by molar-refractivity contribution is 6.32. The van der Waals surface area contributed by atoms with Crippen molar-refractivity contribution in [2.24, 2.45) is 5.73 Å². The molecule has 2 aromatic rings. The fourth-order valence-electron chi connectivity index (χ4n) is 2.48. The fourth-order valence-corrected chi connectivity index (χ4v) is 2.74. The van der Waals surface area contributed by atoms with E-state index in [0.717, 1.165) is 18.5 Å². The number of rotatable bonds is 3. The first-order valence-corrected chi connectivity index (χ1v) is 6.42. The molecule has 94 valence electrons. The molecule has 1 aliphatic carbocycles. The van der Waals surface area contributed by atoms with Gasteiger partial charge in [0.2, 0.25) is 0 Å². The molecule has 0 radical (unpaired) electrons. The Kier molecular flexibility index (Phi) is 2.64. The van der Waals surface area contributed by atoms with Crippen LogP contribution in [-0.4, -0.2) is 20.8 Å². The highest BCUT2D eigenvalue weighted by atomic mass is 35.5. The molecule has 0 aliphatic heterocycles. The van der Waals surface area contributed by atoms with Gasteiger partial charge in [-0.2, -0.15) is 5.10 Å². The molecule has 0 saturated heterocycles. The summed E-state index contributed by atoms with van der Waals surface area (Å²) >= 11 is 6.33. The minimum absolute atomic E-state index is 0.130. The number of halogens is 1. The standard InChI is InChI=1S/C13H15ClN4/c1-9(15)13(4-5-13)10-2-3-12(11(14)6-10)18-8-16-7-17-18/h2-3,6-9H,4-5,15H2,1H3. The third kappa shape index (κ3) is 1.72. The zero-order chi connectivity index (χ0) is 12.8. The van der Waals surface area contributed by atoms with Crippen molar-refractivity contribution in [2.45, 2.75) is 31.2 Å². The average molecular weight is 263 g/mol. The Morgan fingerprint density at radius 1 is 1.44 bits per heavy atom. The fraction of sp³-hybridized carbons (Fsp3) is 0.385. The molecule has 3 rings (SSSR count). The van der Waals surface area contributed by atoms with Crippen LogP contribution in [0.2, 0.25) is 5.02 Å². The van der Waals surface area contributed by atoms with Crippen LogP contribution in [0.25, 0.3) is 5.69 Å². The lowest BCUT2D eigenvalue weighted by Crippen LogP contribution is -2.31. The van der Waals surface area contributed by atoms with Crippen LogP contribution in [0.4, 0.5) is 0 Å². The van der Waals surface area contributed by atoms with Crippen molar-refractivity contribution in [1.29, 1.82) is 0 Å². The van der Waals surface area contributed by atoms with Gasteiger partial charge in [0.15, 0.2) is 0 Å². The summed E-state index contributed by atoms with van der Waals surface area (Å²) in [5.74, 6) is 0. The van der Waals surface area contributed by atoms with Crippen LogP contribution >= 0.6 is 11.6 Å². The Morgan fingerprint density at radius 2 is 2.22 bits per heavy atom. The summed E-state index contributed by atoms with van der Waals surface area (Å²) in [6.45, 7) is 2.06. The van der Waals surface area contributed by atoms with E-state index in [1.54, 1.807) is 11.0 Å². The highest BCUT2D eigenvalue weighted by Gasteiger charge is 2.47. The molecule has 1 atom stereocenters. The Balaban J connectivity index is 2.00. The molecule has 5 heteroatoms. The molecule has 18 heavy (non-hydrogen) atoms. The summed E-state index contributed by atoms with van der Waals surface area (Å²) < 4.78 is 1.66. The number of benzene rings is 1. The van der Waals surface area contributed by atoms with Gasteiger partial charge in [-0.3, -0.25) is 0 Å². The van der Waals surface area contributed by atoms with E-state index >= 15 is 0 Å². The van der Waals surface area contributed by atoms with E-state index in [-0.39, 0.29) is 11.5 Å². The van der Waals surface area contributed by atoms with Crippen molar-refractivity contribution in [3.63, 3.8) is 0 Å². The maximum absolute atomic E-state index is 6.33. The number of hydrogen-bond acceptors (Lipinski definition) is 3. The van der Waals surface area contributed by atoms with Gasteiger partial charge in [0, 0.05) is 11.5 Å². The van der Waals surface area contributed by atoms with Crippen LogP contribution in [0.5, 0.6) is 0 Å². The third-order valence-corrected chi connectivity index (χ3v) is 4.15. The van der Waals surface area contributed by atoms with Gasteiger partial charge in [-0.1, -0.05) is 17.7 Å². The van der Waals surface area contributed by atoms with Gasteiger partial charge in [0.05, 0.1) is 10.7 Å². The SMILES string of the molecule is CC(N)C1(c2ccc(-n3cncn3)c(Cl)c2)CC1. The number of aromatic nitrogens is 3. The Morgan fingerprint density at radius 3 is 2.72 bits per heavy atom. The lowest BCUT2D eigenvalue weighted by Gasteiger charge is -2.20. The predicted molar refractivity (Wildman–Crippen MR) is 70.9 cm³/mol. The quantitative estimate of drug-likeness (QED) is 0.923. The van der Waals surface area contributed by atoms with E-state index in [1.165, 1.54) is 11.9 Å². The first-order valence-electron chi connectivity index (χ1n) is 6.04. The molecular weight excluding hydrogens is 248 g/mol. The molecule has 1 heterocycles. The van der Waals surface area contributed by atoms with E-state index < -0.39 is 0 Å². The molecule has 1 saturated carbocycles. The monoisotopic (exact) mass is 262 g/mol. The molecule has 2 N–H and O–H groups in total. The average Bonchev–Trinajstić information content (AvgIpc) is 2.99. The summed E-state index contributed by atoms with van der Waals surface area (Å²) in [7, 11) is 0. The normalized spacial score (nSPS) is 18.6. The van der Waals surface area contributed by atoms with E-state index in [4.69, 9.17) is 17.3 Å². The lowest BCUT2D eigenvalue weighted by atomic mass is 9.89. The van der Waals surface area contributed by atoms with Crippen molar-refractivity contribution < 1.29 is 0 Å². The van der Waals surface area contributed by atoms with Gasteiger partial charge >= 0.3 is 0 Å². The largest absolute Gasteiger partial charge is 0.327 e. The van der Waals surface area contributed by atoms with E-state index in [9.17, 15) is 0 Å². The van der Waals surface area contributed by atoms with Crippen molar-refractivity contribution in [3.8, 4) is 5.69 Å². The van der Waals surface area contributed by atoms with Crippen LogP contribution < -0.4 is 5.73 Å².